The summed E-state index contributed by atoms with van der Waals surface area (Å²) >= 11 is 0. The second kappa shape index (κ2) is 6.77. The highest BCUT2D eigenvalue weighted by Gasteiger charge is 2.12. The van der Waals surface area contributed by atoms with E-state index in [1.165, 1.54) is 16.7 Å². The van der Waals surface area contributed by atoms with Gasteiger partial charge in [-0.1, -0.05) is 30.7 Å². The van der Waals surface area contributed by atoms with Crippen molar-refractivity contribution >= 4 is 0 Å². The van der Waals surface area contributed by atoms with Crippen molar-refractivity contribution in [3.05, 3.63) is 34.9 Å². The number of ether oxygens (including phenoxy) is 1. The number of aliphatic hydroxyl groups excluding tert-OH is 1. The summed E-state index contributed by atoms with van der Waals surface area (Å²) in [7, 11) is 1.70. The van der Waals surface area contributed by atoms with Gasteiger partial charge in [0.25, 0.3) is 0 Å². The van der Waals surface area contributed by atoms with E-state index >= 15 is 0 Å². The van der Waals surface area contributed by atoms with Gasteiger partial charge in [-0.05, 0) is 43.7 Å². The lowest BCUT2D eigenvalue weighted by Crippen LogP contribution is -2.18. The summed E-state index contributed by atoms with van der Waals surface area (Å²) in [4.78, 5) is 0. The van der Waals surface area contributed by atoms with E-state index in [9.17, 15) is 5.11 Å². The Balaban J connectivity index is 2.55. The van der Waals surface area contributed by atoms with Gasteiger partial charge in [0.05, 0.1) is 6.10 Å². The van der Waals surface area contributed by atoms with Crippen LogP contribution in [-0.4, -0.2) is 24.9 Å². The van der Waals surface area contributed by atoms with E-state index in [0.717, 1.165) is 12.8 Å². The number of aliphatic hydroxyl groups is 1. The molecule has 0 aliphatic heterocycles. The lowest BCUT2D eigenvalue weighted by Gasteiger charge is -2.17. The molecule has 0 saturated heterocycles. The third-order valence-electron chi connectivity index (χ3n) is 3.09. The van der Waals surface area contributed by atoms with Gasteiger partial charge in [-0.3, -0.25) is 0 Å². The van der Waals surface area contributed by atoms with Crippen LogP contribution in [0.15, 0.2) is 18.2 Å². The molecule has 1 aromatic rings. The van der Waals surface area contributed by atoms with Crippen molar-refractivity contribution in [2.75, 3.05) is 13.7 Å². The highest BCUT2D eigenvalue weighted by atomic mass is 16.5. The first-order valence-corrected chi connectivity index (χ1v) is 6.26. The predicted molar refractivity (Wildman–Crippen MR) is 71.3 cm³/mol. The van der Waals surface area contributed by atoms with Gasteiger partial charge in [0.15, 0.2) is 0 Å². The van der Waals surface area contributed by atoms with Crippen LogP contribution in [0, 0.1) is 19.8 Å². The monoisotopic (exact) mass is 236 g/mol. The molecule has 0 radical (unpaired) electrons. The molecular formula is C15H24O2. The second-order valence-electron chi connectivity index (χ2n) is 5.08. The highest BCUT2D eigenvalue weighted by Crippen LogP contribution is 2.16. The van der Waals surface area contributed by atoms with Gasteiger partial charge < -0.3 is 9.84 Å². The van der Waals surface area contributed by atoms with Gasteiger partial charge in [0.2, 0.25) is 0 Å². The first-order chi connectivity index (χ1) is 8.02. The predicted octanol–water partition coefficient (Wildman–Crippen LogP) is 2.88. The molecule has 2 nitrogen and oxygen atoms in total. The van der Waals surface area contributed by atoms with Gasteiger partial charge in [0.1, 0.15) is 0 Å². The number of rotatable bonds is 6. The standard InChI is InChI=1S/C15H24O2/c1-11-5-6-13(3)14(7-11)9-15(16)8-12(2)10-17-4/h5-7,12,15-16H,8-10H2,1-4H3. The zero-order valence-electron chi connectivity index (χ0n) is 11.4. The van der Waals surface area contributed by atoms with Crippen molar-refractivity contribution in [2.24, 2.45) is 5.92 Å². The number of methoxy groups -OCH3 is 1. The van der Waals surface area contributed by atoms with Gasteiger partial charge in [-0.25, -0.2) is 0 Å². The maximum atomic E-state index is 10.1. The van der Waals surface area contributed by atoms with Gasteiger partial charge in [-0.15, -0.1) is 0 Å². The fourth-order valence-corrected chi connectivity index (χ4v) is 2.17. The Morgan fingerprint density at radius 3 is 2.65 bits per heavy atom. The van der Waals surface area contributed by atoms with Crippen molar-refractivity contribution in [3.8, 4) is 0 Å². The normalized spacial score (nSPS) is 14.6. The zero-order valence-corrected chi connectivity index (χ0v) is 11.4. The Morgan fingerprint density at radius 1 is 1.29 bits per heavy atom. The lowest BCUT2D eigenvalue weighted by molar-refractivity contribution is 0.101. The molecule has 1 aromatic carbocycles. The molecule has 96 valence electrons. The molecule has 0 saturated carbocycles. The van der Waals surface area contributed by atoms with Crippen LogP contribution in [0.1, 0.15) is 30.0 Å². The third kappa shape index (κ3) is 4.88. The summed E-state index contributed by atoms with van der Waals surface area (Å²) in [5, 5.41) is 10.1. The summed E-state index contributed by atoms with van der Waals surface area (Å²) in [6.07, 6.45) is 1.25. The first-order valence-electron chi connectivity index (χ1n) is 6.26. The molecule has 2 unspecified atom stereocenters. The average Bonchev–Trinajstić information content (AvgIpc) is 2.23. The maximum Gasteiger partial charge on any atom is 0.0584 e. The van der Waals surface area contributed by atoms with Crippen molar-refractivity contribution in [3.63, 3.8) is 0 Å². The Bertz CT molecular complexity index is 347. The van der Waals surface area contributed by atoms with Crippen LogP contribution in [0.5, 0.6) is 0 Å². The average molecular weight is 236 g/mol. The summed E-state index contributed by atoms with van der Waals surface area (Å²) in [6.45, 7) is 7.00. The number of hydrogen-bond acceptors (Lipinski definition) is 2. The summed E-state index contributed by atoms with van der Waals surface area (Å²) < 4.78 is 5.09. The Hall–Kier alpha value is -0.860. The Kier molecular flexibility index (Phi) is 5.66. The zero-order chi connectivity index (χ0) is 12.8. The van der Waals surface area contributed by atoms with E-state index in [-0.39, 0.29) is 6.10 Å². The molecule has 1 rings (SSSR count). The van der Waals surface area contributed by atoms with Gasteiger partial charge in [-0.2, -0.15) is 0 Å². The summed E-state index contributed by atoms with van der Waals surface area (Å²) in [5.41, 5.74) is 3.76. The Labute approximate surface area is 105 Å². The molecule has 2 atom stereocenters. The van der Waals surface area contributed by atoms with Crippen molar-refractivity contribution in [1.29, 1.82) is 0 Å². The van der Waals surface area contributed by atoms with Crippen LogP contribution in [0.4, 0.5) is 0 Å². The molecular weight excluding hydrogens is 212 g/mol. The fourth-order valence-electron chi connectivity index (χ4n) is 2.17. The minimum absolute atomic E-state index is 0.277. The molecule has 2 heteroatoms. The van der Waals surface area contributed by atoms with E-state index in [1.807, 2.05) is 0 Å². The molecule has 17 heavy (non-hydrogen) atoms. The van der Waals surface area contributed by atoms with E-state index in [2.05, 4.69) is 39.0 Å². The Morgan fingerprint density at radius 2 is 2.00 bits per heavy atom. The number of aryl methyl sites for hydroxylation is 2. The van der Waals surface area contributed by atoms with E-state index in [4.69, 9.17) is 4.74 Å². The molecule has 0 aromatic heterocycles. The molecule has 0 bridgehead atoms. The van der Waals surface area contributed by atoms with Crippen LogP contribution >= 0.6 is 0 Å². The van der Waals surface area contributed by atoms with Crippen LogP contribution in [0.3, 0.4) is 0 Å². The summed E-state index contributed by atoms with van der Waals surface area (Å²) in [5.74, 6) is 0.403. The smallest absolute Gasteiger partial charge is 0.0584 e. The first kappa shape index (κ1) is 14.2. The van der Waals surface area contributed by atoms with Crippen LogP contribution in [-0.2, 0) is 11.2 Å². The van der Waals surface area contributed by atoms with E-state index in [1.54, 1.807) is 7.11 Å². The molecule has 0 aliphatic carbocycles. The van der Waals surface area contributed by atoms with E-state index < -0.39 is 0 Å². The van der Waals surface area contributed by atoms with Crippen molar-refractivity contribution in [1.82, 2.24) is 0 Å². The van der Waals surface area contributed by atoms with Gasteiger partial charge in [0, 0.05) is 13.7 Å². The molecule has 1 N–H and O–H groups in total. The number of hydrogen-bond donors (Lipinski definition) is 1. The highest BCUT2D eigenvalue weighted by molar-refractivity contribution is 5.30. The molecule has 0 amide bonds. The summed E-state index contributed by atoms with van der Waals surface area (Å²) in [6, 6.07) is 6.40. The van der Waals surface area contributed by atoms with Crippen LogP contribution in [0.25, 0.3) is 0 Å². The second-order valence-corrected chi connectivity index (χ2v) is 5.08. The van der Waals surface area contributed by atoms with Crippen LogP contribution < -0.4 is 0 Å². The topological polar surface area (TPSA) is 29.5 Å². The molecule has 0 fully saturated rings. The SMILES string of the molecule is COCC(C)CC(O)Cc1cc(C)ccc1C. The van der Waals surface area contributed by atoms with Crippen LogP contribution in [0.2, 0.25) is 0 Å². The van der Waals surface area contributed by atoms with E-state index in [0.29, 0.717) is 12.5 Å². The van der Waals surface area contributed by atoms with Gasteiger partial charge >= 0.3 is 0 Å². The fraction of sp³-hybridized carbons (Fsp3) is 0.600. The third-order valence-corrected chi connectivity index (χ3v) is 3.09. The molecule has 0 heterocycles. The van der Waals surface area contributed by atoms with Crippen molar-refractivity contribution < 1.29 is 9.84 Å². The largest absolute Gasteiger partial charge is 0.393 e. The molecule has 0 aliphatic rings. The lowest BCUT2D eigenvalue weighted by atomic mass is 9.95. The number of benzene rings is 1. The minimum Gasteiger partial charge on any atom is -0.393 e. The van der Waals surface area contributed by atoms with Crippen molar-refractivity contribution in [2.45, 2.75) is 39.7 Å². The maximum absolute atomic E-state index is 10.1. The molecule has 0 spiro atoms. The minimum atomic E-state index is -0.277. The quantitative estimate of drug-likeness (QED) is 0.823.